The molecule has 3 rings (SSSR count). The van der Waals surface area contributed by atoms with Crippen LogP contribution < -0.4 is 5.56 Å². The molecule has 0 radical (unpaired) electrons. The Balaban J connectivity index is 2.23. The van der Waals surface area contributed by atoms with Gasteiger partial charge in [-0.15, -0.1) is 0 Å². The lowest BCUT2D eigenvalue weighted by Gasteiger charge is -2.15. The van der Waals surface area contributed by atoms with Crippen LogP contribution in [0, 0.1) is 0 Å². The number of pyridine rings is 1. The van der Waals surface area contributed by atoms with Crippen molar-refractivity contribution in [2.45, 2.75) is 12.1 Å². The lowest BCUT2D eigenvalue weighted by Crippen LogP contribution is -2.31. The van der Waals surface area contributed by atoms with Crippen molar-refractivity contribution >= 4 is 34.1 Å². The molecular formula is C11H9Cl2N3O3. The molecule has 8 heteroatoms. The Bertz CT molecular complexity index is 703. The summed E-state index contributed by atoms with van der Waals surface area (Å²) in [7, 11) is 0. The highest BCUT2D eigenvalue weighted by atomic mass is 35.5. The molecule has 2 aromatic heterocycles. The smallest absolute Gasteiger partial charge is 0.261 e. The van der Waals surface area contributed by atoms with E-state index in [0.717, 1.165) is 0 Å². The highest BCUT2D eigenvalue weighted by Gasteiger charge is 2.29. The second-order valence-electron chi connectivity index (χ2n) is 4.26. The fraction of sp³-hybridized carbons (Fsp3) is 0.364. The number of hydrogen-bond acceptors (Lipinski definition) is 5. The van der Waals surface area contributed by atoms with Gasteiger partial charge in [0.05, 0.1) is 31.0 Å². The largest absolute Gasteiger partial charge is 0.388 e. The first-order chi connectivity index (χ1) is 9.08. The lowest BCUT2D eigenvalue weighted by atomic mass is 10.2. The maximum atomic E-state index is 12.4. The van der Waals surface area contributed by atoms with E-state index in [1.165, 1.54) is 17.0 Å². The van der Waals surface area contributed by atoms with Crippen molar-refractivity contribution in [3.63, 3.8) is 0 Å². The molecule has 0 bridgehead atoms. The molecule has 2 aromatic rings. The van der Waals surface area contributed by atoms with Gasteiger partial charge in [-0.05, 0) is 6.07 Å². The molecule has 1 saturated heterocycles. The molecule has 6 nitrogen and oxygen atoms in total. The quantitative estimate of drug-likeness (QED) is 0.796. The standard InChI is InChI=1S/C11H9Cl2N3O3/c12-8-1-5-9(10(13)15-8)14-4-16(11(5)18)6-2-19-3-7(6)17/h1,4,6-7,17H,2-3H2/t6?,7-/m1/s1. The molecular weight excluding hydrogens is 293 g/mol. The zero-order valence-corrected chi connectivity index (χ0v) is 11.1. The topological polar surface area (TPSA) is 77.2 Å². The number of rotatable bonds is 1. The Morgan fingerprint density at radius 2 is 2.21 bits per heavy atom. The molecule has 19 heavy (non-hydrogen) atoms. The first-order valence-electron chi connectivity index (χ1n) is 5.56. The summed E-state index contributed by atoms with van der Waals surface area (Å²) in [6.45, 7) is 0.466. The summed E-state index contributed by atoms with van der Waals surface area (Å²) in [5.74, 6) is 0. The number of nitrogens with zero attached hydrogens (tertiary/aromatic N) is 3. The molecule has 0 aliphatic carbocycles. The van der Waals surface area contributed by atoms with Crippen molar-refractivity contribution in [1.82, 2.24) is 14.5 Å². The van der Waals surface area contributed by atoms with Crippen molar-refractivity contribution in [3.8, 4) is 0 Å². The molecule has 1 unspecified atom stereocenters. The molecule has 100 valence electrons. The number of fused-ring (bicyclic) bond motifs is 1. The molecule has 3 heterocycles. The first kappa shape index (κ1) is 12.8. The van der Waals surface area contributed by atoms with Crippen LogP contribution in [-0.2, 0) is 4.74 Å². The van der Waals surface area contributed by atoms with Crippen molar-refractivity contribution in [2.24, 2.45) is 0 Å². The zero-order chi connectivity index (χ0) is 13.6. The Morgan fingerprint density at radius 1 is 1.42 bits per heavy atom. The first-order valence-corrected chi connectivity index (χ1v) is 6.32. The summed E-state index contributed by atoms with van der Waals surface area (Å²) >= 11 is 11.7. The van der Waals surface area contributed by atoms with E-state index in [1.54, 1.807) is 0 Å². The van der Waals surface area contributed by atoms with E-state index in [1.807, 2.05) is 0 Å². The van der Waals surface area contributed by atoms with Crippen LogP contribution in [0.25, 0.3) is 10.9 Å². The minimum absolute atomic E-state index is 0.0787. The summed E-state index contributed by atoms with van der Waals surface area (Å²) in [5.41, 5.74) is -0.0357. The van der Waals surface area contributed by atoms with E-state index in [9.17, 15) is 9.90 Å². The van der Waals surface area contributed by atoms with E-state index in [-0.39, 0.29) is 34.5 Å². The van der Waals surface area contributed by atoms with Crippen LogP contribution in [0.3, 0.4) is 0 Å². The van der Waals surface area contributed by atoms with Crippen LogP contribution in [-0.4, -0.2) is 39.0 Å². The van der Waals surface area contributed by atoms with Gasteiger partial charge in [-0.2, -0.15) is 0 Å². The van der Waals surface area contributed by atoms with Crippen molar-refractivity contribution in [3.05, 3.63) is 33.1 Å². The predicted molar refractivity (Wildman–Crippen MR) is 69.7 cm³/mol. The number of aliphatic hydroxyl groups excluding tert-OH is 1. The Kier molecular flexibility index (Phi) is 3.18. The average molecular weight is 302 g/mol. The number of aliphatic hydroxyl groups is 1. The van der Waals surface area contributed by atoms with Gasteiger partial charge in [-0.1, -0.05) is 23.2 Å². The van der Waals surface area contributed by atoms with Crippen LogP contribution in [0.1, 0.15) is 6.04 Å². The third-order valence-electron chi connectivity index (χ3n) is 3.07. The average Bonchev–Trinajstić information content (AvgIpc) is 2.77. The van der Waals surface area contributed by atoms with E-state index < -0.39 is 12.1 Å². The van der Waals surface area contributed by atoms with Gasteiger partial charge in [0, 0.05) is 0 Å². The van der Waals surface area contributed by atoms with Crippen molar-refractivity contribution < 1.29 is 9.84 Å². The molecule has 1 aliphatic heterocycles. The van der Waals surface area contributed by atoms with Gasteiger partial charge < -0.3 is 9.84 Å². The summed E-state index contributed by atoms with van der Waals surface area (Å²) in [5, 5.41) is 10.2. The third kappa shape index (κ3) is 2.10. The SMILES string of the molecule is O=c1c2cc(Cl)nc(Cl)c2ncn1C1COC[C@H]1O. The van der Waals surface area contributed by atoms with Crippen LogP contribution in [0.5, 0.6) is 0 Å². The van der Waals surface area contributed by atoms with Gasteiger partial charge in [0.2, 0.25) is 0 Å². The Labute approximate surface area is 117 Å². The third-order valence-corrected chi connectivity index (χ3v) is 3.53. The van der Waals surface area contributed by atoms with Gasteiger partial charge in [0.15, 0.2) is 5.15 Å². The highest BCUT2D eigenvalue weighted by molar-refractivity contribution is 6.36. The van der Waals surface area contributed by atoms with E-state index in [0.29, 0.717) is 5.52 Å². The number of halogens is 2. The minimum Gasteiger partial charge on any atom is -0.388 e. The predicted octanol–water partition coefficient (Wildman–Crippen LogP) is 1.03. The summed E-state index contributed by atoms with van der Waals surface area (Å²) in [6.07, 6.45) is 0.610. The van der Waals surface area contributed by atoms with Gasteiger partial charge in [-0.25, -0.2) is 9.97 Å². The molecule has 2 atom stereocenters. The van der Waals surface area contributed by atoms with Crippen molar-refractivity contribution in [1.29, 1.82) is 0 Å². The molecule has 0 aromatic carbocycles. The second kappa shape index (κ2) is 4.72. The molecule has 1 fully saturated rings. The normalized spacial score (nSPS) is 23.1. The summed E-state index contributed by atoms with van der Waals surface area (Å²) in [4.78, 5) is 20.3. The molecule has 0 saturated carbocycles. The monoisotopic (exact) mass is 301 g/mol. The zero-order valence-electron chi connectivity index (χ0n) is 9.58. The molecule has 0 spiro atoms. The van der Waals surface area contributed by atoms with E-state index >= 15 is 0 Å². The van der Waals surface area contributed by atoms with Crippen LogP contribution in [0.15, 0.2) is 17.2 Å². The fourth-order valence-corrected chi connectivity index (χ4v) is 2.59. The van der Waals surface area contributed by atoms with Crippen molar-refractivity contribution in [2.75, 3.05) is 13.2 Å². The van der Waals surface area contributed by atoms with Gasteiger partial charge in [-0.3, -0.25) is 9.36 Å². The minimum atomic E-state index is -0.732. The number of aromatic nitrogens is 3. The maximum absolute atomic E-state index is 12.4. The van der Waals surface area contributed by atoms with Crippen LogP contribution >= 0.6 is 23.2 Å². The number of ether oxygens (including phenoxy) is 1. The number of hydrogen-bond donors (Lipinski definition) is 1. The highest BCUT2D eigenvalue weighted by Crippen LogP contribution is 2.22. The van der Waals surface area contributed by atoms with Gasteiger partial charge >= 0.3 is 0 Å². The Hall–Kier alpha value is -1.21. The van der Waals surface area contributed by atoms with Crippen LogP contribution in [0.4, 0.5) is 0 Å². The van der Waals surface area contributed by atoms with E-state index in [4.69, 9.17) is 27.9 Å². The van der Waals surface area contributed by atoms with E-state index in [2.05, 4.69) is 9.97 Å². The van der Waals surface area contributed by atoms with Gasteiger partial charge in [0.25, 0.3) is 5.56 Å². The fourth-order valence-electron chi connectivity index (χ4n) is 2.11. The Morgan fingerprint density at radius 3 is 2.89 bits per heavy atom. The van der Waals surface area contributed by atoms with Crippen LogP contribution in [0.2, 0.25) is 10.3 Å². The second-order valence-corrected chi connectivity index (χ2v) is 5.01. The molecule has 1 aliphatic rings. The lowest BCUT2D eigenvalue weighted by molar-refractivity contribution is 0.119. The van der Waals surface area contributed by atoms with Gasteiger partial charge in [0.1, 0.15) is 16.8 Å². The summed E-state index contributed by atoms with van der Waals surface area (Å²) in [6, 6.07) is 0.965. The molecule has 1 N–H and O–H groups in total. The molecule has 0 amide bonds. The summed E-state index contributed by atoms with van der Waals surface area (Å²) < 4.78 is 6.48. The maximum Gasteiger partial charge on any atom is 0.261 e.